The Morgan fingerprint density at radius 3 is 3.11 bits per heavy atom. The van der Waals surface area contributed by atoms with E-state index in [0.29, 0.717) is 5.88 Å². The van der Waals surface area contributed by atoms with Gasteiger partial charge in [-0.15, -0.1) is 22.9 Å². The first-order valence-electron chi connectivity index (χ1n) is 7.14. The lowest BCUT2D eigenvalue weighted by molar-refractivity contribution is 0.200. The Kier molecular flexibility index (Phi) is 6.07. The van der Waals surface area contributed by atoms with E-state index >= 15 is 0 Å². The first kappa shape index (κ1) is 15.2. The number of hydrogen-bond donors (Lipinski definition) is 0. The molecule has 5 heteroatoms. The van der Waals surface area contributed by atoms with E-state index in [0.717, 1.165) is 24.7 Å². The van der Waals surface area contributed by atoms with Crippen LogP contribution in [0, 0.1) is 0 Å². The zero-order valence-electron chi connectivity index (χ0n) is 11.9. The number of likely N-dealkylation sites (N-methyl/N-ethyl adjacent to an activating group) is 2. The summed E-state index contributed by atoms with van der Waals surface area (Å²) in [4.78, 5) is 9.56. The molecule has 1 aromatic rings. The van der Waals surface area contributed by atoms with Crippen molar-refractivity contribution < 1.29 is 0 Å². The van der Waals surface area contributed by atoms with E-state index in [1.165, 1.54) is 37.5 Å². The zero-order chi connectivity index (χ0) is 13.7. The third kappa shape index (κ3) is 4.42. The van der Waals surface area contributed by atoms with Crippen LogP contribution in [0.3, 0.4) is 0 Å². The van der Waals surface area contributed by atoms with Crippen LogP contribution in [0.1, 0.15) is 30.5 Å². The van der Waals surface area contributed by atoms with Crippen molar-refractivity contribution in [2.24, 2.45) is 0 Å². The number of alkyl halides is 1. The minimum Gasteiger partial charge on any atom is -0.304 e. The van der Waals surface area contributed by atoms with Gasteiger partial charge in [0.2, 0.25) is 0 Å². The molecular formula is C14H24ClN3S. The largest absolute Gasteiger partial charge is 0.304 e. The molecule has 1 saturated heterocycles. The second-order valence-corrected chi connectivity index (χ2v) is 6.51. The molecule has 0 spiro atoms. The lowest BCUT2D eigenvalue weighted by Crippen LogP contribution is -2.39. The Labute approximate surface area is 125 Å². The van der Waals surface area contributed by atoms with Gasteiger partial charge in [-0.3, -0.25) is 4.90 Å². The zero-order valence-corrected chi connectivity index (χ0v) is 13.5. The van der Waals surface area contributed by atoms with Crippen molar-refractivity contribution in [3.05, 3.63) is 16.1 Å². The molecular weight excluding hydrogens is 278 g/mol. The molecule has 0 bridgehead atoms. The van der Waals surface area contributed by atoms with Crippen LogP contribution in [0.15, 0.2) is 5.38 Å². The van der Waals surface area contributed by atoms with Crippen molar-refractivity contribution in [3.8, 4) is 0 Å². The molecule has 2 rings (SSSR count). The highest BCUT2D eigenvalue weighted by Gasteiger charge is 2.23. The molecule has 0 N–H and O–H groups in total. The summed E-state index contributed by atoms with van der Waals surface area (Å²) < 4.78 is 0. The van der Waals surface area contributed by atoms with E-state index in [4.69, 9.17) is 11.6 Å². The molecule has 19 heavy (non-hydrogen) atoms. The Bertz CT molecular complexity index is 383. The standard InChI is InChI=1S/C14H24ClN3S/c1-3-18-7-4-5-13(18)10-17(2)8-6-14-16-12(9-15)11-19-14/h11,13H,3-10H2,1-2H3. The molecule has 1 aromatic heterocycles. The van der Waals surface area contributed by atoms with Gasteiger partial charge in [0, 0.05) is 30.9 Å². The third-order valence-electron chi connectivity index (χ3n) is 3.87. The number of halogens is 1. The number of thiazole rings is 1. The fraction of sp³-hybridized carbons (Fsp3) is 0.786. The van der Waals surface area contributed by atoms with Crippen LogP contribution in [0.4, 0.5) is 0 Å². The quantitative estimate of drug-likeness (QED) is 0.722. The molecule has 1 unspecified atom stereocenters. The van der Waals surface area contributed by atoms with Gasteiger partial charge in [-0.1, -0.05) is 6.92 Å². The average molecular weight is 302 g/mol. The number of nitrogens with zero attached hydrogens (tertiary/aromatic N) is 3. The normalized spacial score (nSPS) is 20.5. The van der Waals surface area contributed by atoms with Gasteiger partial charge in [-0.25, -0.2) is 4.98 Å². The topological polar surface area (TPSA) is 19.4 Å². The molecule has 108 valence electrons. The highest BCUT2D eigenvalue weighted by atomic mass is 35.5. The van der Waals surface area contributed by atoms with Gasteiger partial charge >= 0.3 is 0 Å². The molecule has 0 radical (unpaired) electrons. The molecule has 0 amide bonds. The van der Waals surface area contributed by atoms with Gasteiger partial charge in [0.25, 0.3) is 0 Å². The van der Waals surface area contributed by atoms with Gasteiger partial charge < -0.3 is 4.90 Å². The second-order valence-electron chi connectivity index (χ2n) is 5.30. The maximum absolute atomic E-state index is 5.78. The Morgan fingerprint density at radius 1 is 1.58 bits per heavy atom. The van der Waals surface area contributed by atoms with E-state index in [1.54, 1.807) is 11.3 Å². The highest BCUT2D eigenvalue weighted by Crippen LogP contribution is 2.18. The average Bonchev–Trinajstić information content (AvgIpc) is 3.04. The minimum atomic E-state index is 0.528. The van der Waals surface area contributed by atoms with E-state index in [2.05, 4.69) is 34.1 Å². The minimum absolute atomic E-state index is 0.528. The fourth-order valence-electron chi connectivity index (χ4n) is 2.78. The van der Waals surface area contributed by atoms with Crippen molar-refractivity contribution in [2.75, 3.05) is 33.2 Å². The van der Waals surface area contributed by atoms with Crippen molar-refractivity contribution in [3.63, 3.8) is 0 Å². The summed E-state index contributed by atoms with van der Waals surface area (Å²) in [6.07, 6.45) is 3.75. The van der Waals surface area contributed by atoms with Crippen molar-refractivity contribution in [1.29, 1.82) is 0 Å². The molecule has 1 fully saturated rings. The molecule has 0 aliphatic carbocycles. The lowest BCUT2D eigenvalue weighted by Gasteiger charge is -2.27. The molecule has 1 aliphatic rings. The highest BCUT2D eigenvalue weighted by molar-refractivity contribution is 7.09. The number of aromatic nitrogens is 1. The van der Waals surface area contributed by atoms with E-state index in [1.807, 2.05) is 0 Å². The van der Waals surface area contributed by atoms with E-state index < -0.39 is 0 Å². The summed E-state index contributed by atoms with van der Waals surface area (Å²) in [5, 5.41) is 3.28. The Hall–Kier alpha value is -0.160. The lowest BCUT2D eigenvalue weighted by atomic mass is 10.2. The maximum atomic E-state index is 5.78. The molecule has 1 aliphatic heterocycles. The van der Waals surface area contributed by atoms with Gasteiger partial charge in [0.05, 0.1) is 16.6 Å². The van der Waals surface area contributed by atoms with Crippen molar-refractivity contribution in [1.82, 2.24) is 14.8 Å². The summed E-state index contributed by atoms with van der Waals surface area (Å²) in [6.45, 7) is 7.00. The van der Waals surface area contributed by atoms with Crippen molar-refractivity contribution >= 4 is 22.9 Å². The van der Waals surface area contributed by atoms with E-state index in [9.17, 15) is 0 Å². The monoisotopic (exact) mass is 301 g/mol. The van der Waals surface area contributed by atoms with Crippen LogP contribution in [-0.4, -0.2) is 54.1 Å². The van der Waals surface area contributed by atoms with Crippen LogP contribution < -0.4 is 0 Å². The molecule has 2 heterocycles. The van der Waals surface area contributed by atoms with Gasteiger partial charge in [0.1, 0.15) is 0 Å². The van der Waals surface area contributed by atoms with Crippen LogP contribution in [0.5, 0.6) is 0 Å². The third-order valence-corrected chi connectivity index (χ3v) is 5.10. The van der Waals surface area contributed by atoms with Crippen LogP contribution >= 0.6 is 22.9 Å². The summed E-state index contributed by atoms with van der Waals surface area (Å²) in [7, 11) is 2.22. The maximum Gasteiger partial charge on any atom is 0.0941 e. The molecule has 3 nitrogen and oxygen atoms in total. The second kappa shape index (κ2) is 7.58. The first-order chi connectivity index (χ1) is 9.22. The van der Waals surface area contributed by atoms with Gasteiger partial charge in [0.15, 0.2) is 0 Å². The van der Waals surface area contributed by atoms with Gasteiger partial charge in [-0.2, -0.15) is 0 Å². The smallest absolute Gasteiger partial charge is 0.0941 e. The van der Waals surface area contributed by atoms with E-state index in [-0.39, 0.29) is 0 Å². The number of likely N-dealkylation sites (tertiary alicyclic amines) is 1. The SMILES string of the molecule is CCN1CCCC1CN(C)CCc1nc(CCl)cs1. The summed E-state index contributed by atoms with van der Waals surface area (Å²) in [5.41, 5.74) is 1.01. The summed E-state index contributed by atoms with van der Waals surface area (Å²) in [6, 6.07) is 0.754. The van der Waals surface area contributed by atoms with Crippen LogP contribution in [0.25, 0.3) is 0 Å². The summed E-state index contributed by atoms with van der Waals surface area (Å²) >= 11 is 7.51. The summed E-state index contributed by atoms with van der Waals surface area (Å²) in [5.74, 6) is 0.528. The van der Waals surface area contributed by atoms with Crippen molar-refractivity contribution in [2.45, 2.75) is 38.1 Å². The fourth-order valence-corrected chi connectivity index (χ4v) is 3.80. The Morgan fingerprint density at radius 2 is 2.42 bits per heavy atom. The number of rotatable bonds is 7. The Balaban J connectivity index is 1.73. The predicted octanol–water partition coefficient (Wildman–Crippen LogP) is 2.84. The molecule has 0 aromatic carbocycles. The predicted molar refractivity (Wildman–Crippen MR) is 83.1 cm³/mol. The van der Waals surface area contributed by atoms with Gasteiger partial charge in [-0.05, 0) is 33.0 Å². The van der Waals surface area contributed by atoms with Crippen LogP contribution in [-0.2, 0) is 12.3 Å². The molecule has 0 saturated carbocycles. The first-order valence-corrected chi connectivity index (χ1v) is 8.56. The number of hydrogen-bond acceptors (Lipinski definition) is 4. The van der Waals surface area contributed by atoms with Crippen LogP contribution in [0.2, 0.25) is 0 Å². The molecule has 1 atom stereocenters.